The standard InChI is InChI=1S/C44H61FN2O12/c1-23-24(2)39(56-25(3)38(23)59-40-37(52)36(51)35(50)33(20-48)58-40)57-29-11-16-42(22-46-47-28-8-6-27(45)7-9-28)31-12-15-41(4)30(26-5-10-34(49)55-21-26)14-18-44(41,54)32(31)13-17-43(42,53)19-29/h5-10,21,23-25,29-33,35-40,48,50-54H,11-20,22H2,1-4H3. The Morgan fingerprint density at radius 2 is 1.58 bits per heavy atom. The quantitative estimate of drug-likeness (QED) is 0.153. The molecule has 3 heterocycles. The van der Waals surface area contributed by atoms with Gasteiger partial charge in [0, 0.05) is 29.2 Å². The lowest BCUT2D eigenvalue weighted by Gasteiger charge is -2.66. The van der Waals surface area contributed by atoms with Crippen LogP contribution in [-0.2, 0) is 18.9 Å². The van der Waals surface area contributed by atoms with E-state index in [0.29, 0.717) is 44.2 Å². The van der Waals surface area contributed by atoms with Crippen molar-refractivity contribution in [3.05, 3.63) is 64.5 Å². The number of ether oxygens (including phenoxy) is 4. The van der Waals surface area contributed by atoms with Crippen molar-refractivity contribution in [2.45, 2.75) is 158 Å². The third-order valence-electron chi connectivity index (χ3n) is 16.2. The van der Waals surface area contributed by atoms with Gasteiger partial charge in [-0.2, -0.15) is 10.2 Å². The van der Waals surface area contributed by atoms with Crippen LogP contribution in [0.3, 0.4) is 0 Å². The number of hydrogen-bond acceptors (Lipinski definition) is 14. The molecule has 0 radical (unpaired) electrons. The van der Waals surface area contributed by atoms with Crippen LogP contribution in [0.15, 0.2) is 62.1 Å². The van der Waals surface area contributed by atoms with Crippen LogP contribution in [0.4, 0.5) is 10.1 Å². The summed E-state index contributed by atoms with van der Waals surface area (Å²) in [4.78, 5) is 11.8. The van der Waals surface area contributed by atoms with Gasteiger partial charge in [-0.05, 0) is 118 Å². The molecule has 2 saturated heterocycles. The van der Waals surface area contributed by atoms with Crippen molar-refractivity contribution in [3.8, 4) is 0 Å². The Bertz CT molecular complexity index is 1860. The highest BCUT2D eigenvalue weighted by Crippen LogP contribution is 2.71. The molecule has 18 unspecified atom stereocenters. The van der Waals surface area contributed by atoms with E-state index in [1.54, 1.807) is 18.4 Å². The van der Waals surface area contributed by atoms with Gasteiger partial charge < -0.3 is 54.0 Å². The fraction of sp³-hybridized carbons (Fsp3) is 0.750. The Morgan fingerprint density at radius 1 is 0.831 bits per heavy atom. The third kappa shape index (κ3) is 7.24. The van der Waals surface area contributed by atoms with Crippen molar-refractivity contribution in [3.63, 3.8) is 0 Å². The van der Waals surface area contributed by atoms with Crippen molar-refractivity contribution in [1.29, 1.82) is 0 Å². The summed E-state index contributed by atoms with van der Waals surface area (Å²) in [6.45, 7) is 7.66. The molecule has 15 heteroatoms. The lowest BCUT2D eigenvalue weighted by atomic mass is 9.41. The maximum absolute atomic E-state index is 13.7. The van der Waals surface area contributed by atoms with Gasteiger partial charge in [0.05, 0.1) is 54.6 Å². The first kappa shape index (κ1) is 43.0. The van der Waals surface area contributed by atoms with Gasteiger partial charge in [-0.25, -0.2) is 9.18 Å². The third-order valence-corrected chi connectivity index (χ3v) is 16.2. The molecule has 6 fully saturated rings. The van der Waals surface area contributed by atoms with E-state index in [9.17, 15) is 39.8 Å². The molecule has 6 aliphatic rings. The molecule has 1 aromatic heterocycles. The Hall–Kier alpha value is -2.70. The highest BCUT2D eigenvalue weighted by molar-refractivity contribution is 5.35. The number of rotatable bonds is 9. The monoisotopic (exact) mass is 828 g/mol. The zero-order valence-corrected chi connectivity index (χ0v) is 34.3. The first-order valence-corrected chi connectivity index (χ1v) is 21.5. The van der Waals surface area contributed by atoms with Gasteiger partial charge in [0.2, 0.25) is 0 Å². The average molecular weight is 829 g/mol. The van der Waals surface area contributed by atoms with Crippen LogP contribution in [0.2, 0.25) is 0 Å². The van der Waals surface area contributed by atoms with E-state index in [1.165, 1.54) is 18.2 Å². The van der Waals surface area contributed by atoms with E-state index in [-0.39, 0.29) is 48.1 Å². The van der Waals surface area contributed by atoms with Gasteiger partial charge in [-0.3, -0.25) is 0 Å². The van der Waals surface area contributed by atoms with Crippen LogP contribution in [0, 0.1) is 40.3 Å². The van der Waals surface area contributed by atoms with Crippen molar-refractivity contribution < 1.29 is 58.4 Å². The number of aliphatic hydroxyl groups excluding tert-OH is 4. The number of benzene rings is 1. The molecule has 18 atom stereocenters. The molecular formula is C44H61FN2O12. The molecule has 0 bridgehead atoms. The number of aliphatic hydroxyl groups is 6. The lowest BCUT2D eigenvalue weighted by Crippen LogP contribution is -2.69. The van der Waals surface area contributed by atoms with Gasteiger partial charge in [0.15, 0.2) is 12.6 Å². The molecule has 8 rings (SSSR count). The van der Waals surface area contributed by atoms with Gasteiger partial charge >= 0.3 is 5.63 Å². The largest absolute Gasteiger partial charge is 0.431 e. The minimum Gasteiger partial charge on any atom is -0.431 e. The van der Waals surface area contributed by atoms with Crippen LogP contribution >= 0.6 is 0 Å². The van der Waals surface area contributed by atoms with Crippen LogP contribution in [0.25, 0.3) is 0 Å². The predicted molar refractivity (Wildman–Crippen MR) is 209 cm³/mol. The number of azo groups is 1. The van der Waals surface area contributed by atoms with Crippen LogP contribution in [0.5, 0.6) is 0 Å². The fourth-order valence-electron chi connectivity index (χ4n) is 12.6. The topological polar surface area (TPSA) is 213 Å². The summed E-state index contributed by atoms with van der Waals surface area (Å²) in [5, 5.41) is 76.1. The molecule has 326 valence electrons. The predicted octanol–water partition coefficient (Wildman–Crippen LogP) is 4.49. The Labute approximate surface area is 343 Å². The number of hydrogen-bond donors (Lipinski definition) is 6. The highest BCUT2D eigenvalue weighted by atomic mass is 19.1. The molecule has 0 amide bonds. The van der Waals surface area contributed by atoms with E-state index in [4.69, 9.17) is 28.5 Å². The Balaban J connectivity index is 1.01. The molecule has 14 nitrogen and oxygen atoms in total. The second-order valence-corrected chi connectivity index (χ2v) is 18.9. The Kier molecular flexibility index (Phi) is 11.8. The molecule has 4 aliphatic carbocycles. The summed E-state index contributed by atoms with van der Waals surface area (Å²) in [7, 11) is 0. The molecular weight excluding hydrogens is 767 g/mol. The van der Waals surface area contributed by atoms with Crippen molar-refractivity contribution in [1.82, 2.24) is 0 Å². The number of fused-ring (bicyclic) bond motifs is 5. The molecule has 1 aromatic carbocycles. The zero-order valence-electron chi connectivity index (χ0n) is 34.3. The van der Waals surface area contributed by atoms with Gasteiger partial charge in [-0.1, -0.05) is 20.8 Å². The molecule has 2 aliphatic heterocycles. The van der Waals surface area contributed by atoms with Crippen LogP contribution in [-0.4, -0.2) is 110 Å². The van der Waals surface area contributed by atoms with Gasteiger partial charge in [-0.15, -0.1) is 0 Å². The summed E-state index contributed by atoms with van der Waals surface area (Å²) < 4.78 is 44.0. The van der Waals surface area contributed by atoms with Gasteiger partial charge in [0.25, 0.3) is 0 Å². The second-order valence-electron chi connectivity index (χ2n) is 18.9. The van der Waals surface area contributed by atoms with Crippen LogP contribution < -0.4 is 5.63 Å². The Morgan fingerprint density at radius 3 is 2.29 bits per heavy atom. The molecule has 59 heavy (non-hydrogen) atoms. The highest BCUT2D eigenvalue weighted by Gasteiger charge is 2.71. The molecule has 0 spiro atoms. The maximum atomic E-state index is 13.7. The first-order chi connectivity index (χ1) is 28.0. The summed E-state index contributed by atoms with van der Waals surface area (Å²) >= 11 is 0. The minimum atomic E-state index is -1.56. The molecule has 4 saturated carbocycles. The normalized spacial score (nSPS) is 47.4. The van der Waals surface area contributed by atoms with E-state index < -0.39 is 83.5 Å². The summed E-state index contributed by atoms with van der Waals surface area (Å²) in [6, 6.07) is 9.10. The first-order valence-electron chi connectivity index (χ1n) is 21.5. The minimum absolute atomic E-state index is 0.0151. The fourth-order valence-corrected chi connectivity index (χ4v) is 12.6. The smallest absolute Gasteiger partial charge is 0.335 e. The molecule has 2 aromatic rings. The lowest BCUT2D eigenvalue weighted by molar-refractivity contribution is -0.348. The van der Waals surface area contributed by atoms with Crippen molar-refractivity contribution in [2.75, 3.05) is 13.2 Å². The van der Waals surface area contributed by atoms with E-state index in [2.05, 4.69) is 12.0 Å². The number of halogens is 1. The summed E-state index contributed by atoms with van der Waals surface area (Å²) in [5.41, 5.74) is -2.38. The van der Waals surface area contributed by atoms with E-state index in [1.807, 2.05) is 26.8 Å². The van der Waals surface area contributed by atoms with Crippen LogP contribution in [0.1, 0.15) is 97.0 Å². The van der Waals surface area contributed by atoms with Crippen molar-refractivity contribution in [2.24, 2.45) is 44.7 Å². The van der Waals surface area contributed by atoms with Crippen molar-refractivity contribution >= 4 is 5.69 Å². The summed E-state index contributed by atoms with van der Waals surface area (Å²) in [6.07, 6.45) is -2.11. The zero-order chi connectivity index (χ0) is 42.1. The maximum Gasteiger partial charge on any atom is 0.335 e. The van der Waals surface area contributed by atoms with E-state index >= 15 is 0 Å². The summed E-state index contributed by atoms with van der Waals surface area (Å²) in [5.74, 6) is -0.881. The van der Waals surface area contributed by atoms with E-state index in [0.717, 1.165) is 24.8 Å². The van der Waals surface area contributed by atoms with Gasteiger partial charge in [0.1, 0.15) is 30.2 Å². The molecule has 6 N–H and O–H groups in total. The number of nitrogens with zero attached hydrogens (tertiary/aromatic N) is 2. The average Bonchev–Trinajstić information content (AvgIpc) is 3.50. The second kappa shape index (κ2) is 16.2. The SMILES string of the molecule is CC1OC(OC2CCC3(CN=Nc4ccc(F)cc4)C4CCC5(C)C(c6ccc(=O)oc6)CCC5(O)C4CCC3(O)C2)C(C)C(C)C1OC1OC(CO)C(O)C(O)C1O.